The number of carbonyl (C=O) groups excluding carboxylic acids is 1. The van der Waals surface area contributed by atoms with Crippen LogP contribution < -0.4 is 5.32 Å². The number of aliphatic hydroxyl groups is 1. The summed E-state index contributed by atoms with van der Waals surface area (Å²) in [6.45, 7) is 2.08. The molecule has 2 heterocycles. The quantitative estimate of drug-likeness (QED) is 0.776. The molecule has 1 unspecified atom stereocenters. The van der Waals surface area contributed by atoms with Gasteiger partial charge in [0.25, 0.3) is 5.91 Å². The van der Waals surface area contributed by atoms with Gasteiger partial charge in [0.15, 0.2) is 0 Å². The minimum absolute atomic E-state index is 0.148. The summed E-state index contributed by atoms with van der Waals surface area (Å²) in [5.74, 6) is -0.341. The zero-order chi connectivity index (χ0) is 15.5. The van der Waals surface area contributed by atoms with Crippen LogP contribution in [0.25, 0.3) is 11.0 Å². The number of para-hydroxylation sites is 2. The zero-order valence-corrected chi connectivity index (χ0v) is 12.8. The molecule has 1 amide bonds. The van der Waals surface area contributed by atoms with Crippen molar-refractivity contribution >= 4 is 28.3 Å². The smallest absolute Gasteiger partial charge is 0.271 e. The molecule has 3 rings (SSSR count). The van der Waals surface area contributed by atoms with Gasteiger partial charge < -0.3 is 10.4 Å². The van der Waals surface area contributed by atoms with Gasteiger partial charge in [0.2, 0.25) is 0 Å². The fourth-order valence-electron chi connectivity index (χ4n) is 2.17. The van der Waals surface area contributed by atoms with Crippen molar-refractivity contribution in [1.29, 1.82) is 0 Å². The maximum atomic E-state index is 12.1. The molecule has 0 aliphatic carbocycles. The highest BCUT2D eigenvalue weighted by Crippen LogP contribution is 2.23. The number of fused-ring (bicyclic) bond motifs is 1. The van der Waals surface area contributed by atoms with Gasteiger partial charge in [-0.15, -0.1) is 11.3 Å². The summed E-state index contributed by atoms with van der Waals surface area (Å²) in [6.07, 6.45) is 0.734. The average molecular weight is 313 g/mol. The van der Waals surface area contributed by atoms with Gasteiger partial charge in [0.05, 0.1) is 17.2 Å². The highest BCUT2D eigenvalue weighted by molar-refractivity contribution is 7.10. The van der Waals surface area contributed by atoms with E-state index in [4.69, 9.17) is 0 Å². The molecule has 0 bridgehead atoms. The molecular formula is C16H15N3O2S. The monoisotopic (exact) mass is 313 g/mol. The van der Waals surface area contributed by atoms with Crippen LogP contribution in [0.15, 0.2) is 41.9 Å². The number of rotatable bonds is 4. The molecule has 0 radical (unpaired) electrons. The minimum atomic E-state index is -0.711. The van der Waals surface area contributed by atoms with Gasteiger partial charge in [0.1, 0.15) is 11.8 Å². The number of hydrogen-bond donors (Lipinski definition) is 2. The third kappa shape index (κ3) is 2.98. The van der Waals surface area contributed by atoms with Crippen molar-refractivity contribution in [3.05, 3.63) is 58.0 Å². The predicted octanol–water partition coefficient (Wildman–Crippen LogP) is 2.46. The fourth-order valence-corrected chi connectivity index (χ4v) is 3.08. The van der Waals surface area contributed by atoms with Gasteiger partial charge in [-0.05, 0) is 36.1 Å². The molecule has 112 valence electrons. The van der Waals surface area contributed by atoms with Crippen LogP contribution in [0, 0.1) is 6.92 Å². The molecule has 5 nitrogen and oxygen atoms in total. The van der Waals surface area contributed by atoms with Gasteiger partial charge >= 0.3 is 0 Å². The second kappa shape index (κ2) is 6.21. The van der Waals surface area contributed by atoms with E-state index >= 15 is 0 Å². The van der Waals surface area contributed by atoms with Crippen LogP contribution in [0.1, 0.15) is 27.0 Å². The van der Waals surface area contributed by atoms with Crippen LogP contribution in [-0.4, -0.2) is 27.5 Å². The van der Waals surface area contributed by atoms with E-state index in [1.165, 1.54) is 17.5 Å². The van der Waals surface area contributed by atoms with Crippen LogP contribution in [0.4, 0.5) is 0 Å². The summed E-state index contributed by atoms with van der Waals surface area (Å²) in [5.41, 5.74) is 2.68. The predicted molar refractivity (Wildman–Crippen MR) is 85.9 cm³/mol. The first-order valence-electron chi connectivity index (χ1n) is 6.87. The van der Waals surface area contributed by atoms with Gasteiger partial charge in [-0.25, -0.2) is 4.98 Å². The molecule has 0 aliphatic heterocycles. The normalized spacial score (nSPS) is 12.3. The molecule has 1 aromatic carbocycles. The molecule has 2 N–H and O–H groups in total. The second-order valence-electron chi connectivity index (χ2n) is 4.94. The first kappa shape index (κ1) is 14.6. The summed E-state index contributed by atoms with van der Waals surface area (Å²) in [6, 6.07) is 9.31. The highest BCUT2D eigenvalue weighted by Gasteiger charge is 2.15. The van der Waals surface area contributed by atoms with E-state index in [0.29, 0.717) is 5.52 Å². The van der Waals surface area contributed by atoms with E-state index in [0.717, 1.165) is 16.0 Å². The molecule has 0 saturated heterocycles. The van der Waals surface area contributed by atoms with Crippen molar-refractivity contribution in [3.63, 3.8) is 0 Å². The Morgan fingerprint density at radius 3 is 2.82 bits per heavy atom. The lowest BCUT2D eigenvalue weighted by Crippen LogP contribution is -2.29. The van der Waals surface area contributed by atoms with Crippen LogP contribution in [0.3, 0.4) is 0 Å². The number of thiophene rings is 1. The molecule has 3 aromatic rings. The van der Waals surface area contributed by atoms with Crippen molar-refractivity contribution in [2.75, 3.05) is 6.54 Å². The lowest BCUT2D eigenvalue weighted by molar-refractivity contribution is 0.0912. The Kier molecular flexibility index (Phi) is 4.13. The summed E-state index contributed by atoms with van der Waals surface area (Å²) in [5, 5.41) is 14.7. The van der Waals surface area contributed by atoms with Crippen molar-refractivity contribution < 1.29 is 9.90 Å². The number of aromatic nitrogens is 2. The lowest BCUT2D eigenvalue weighted by atomic mass is 10.2. The number of nitrogens with zero attached hydrogens (tertiary/aromatic N) is 2. The zero-order valence-electron chi connectivity index (χ0n) is 12.0. The van der Waals surface area contributed by atoms with Gasteiger partial charge in [-0.3, -0.25) is 9.78 Å². The topological polar surface area (TPSA) is 75.1 Å². The third-order valence-corrected chi connectivity index (χ3v) is 4.46. The summed E-state index contributed by atoms with van der Waals surface area (Å²) >= 11 is 1.48. The second-order valence-corrected chi connectivity index (χ2v) is 5.89. The van der Waals surface area contributed by atoms with Crippen LogP contribution in [0.2, 0.25) is 0 Å². The number of benzene rings is 1. The number of aliphatic hydroxyl groups excluding tert-OH is 1. The van der Waals surface area contributed by atoms with Crippen molar-refractivity contribution in [2.24, 2.45) is 0 Å². The van der Waals surface area contributed by atoms with Gasteiger partial charge in [0, 0.05) is 11.4 Å². The number of aryl methyl sites for hydroxylation is 1. The molecule has 0 saturated carbocycles. The highest BCUT2D eigenvalue weighted by atomic mass is 32.1. The van der Waals surface area contributed by atoms with Crippen LogP contribution >= 0.6 is 11.3 Å². The largest absolute Gasteiger partial charge is 0.386 e. The number of hydrogen-bond acceptors (Lipinski definition) is 5. The SMILES string of the molecule is Cc1ccsc1C(O)CNC(=O)c1cnc2ccccc2n1. The fraction of sp³-hybridized carbons (Fsp3) is 0.188. The Bertz CT molecular complexity index is 816. The van der Waals surface area contributed by atoms with Crippen LogP contribution in [0.5, 0.6) is 0 Å². The standard InChI is InChI=1S/C16H15N3O2S/c1-10-6-7-22-15(10)14(20)9-18-16(21)13-8-17-11-4-2-3-5-12(11)19-13/h2-8,14,20H,9H2,1H3,(H,18,21). The van der Waals surface area contributed by atoms with E-state index in [1.54, 1.807) is 0 Å². The summed E-state index contributed by atoms with van der Waals surface area (Å²) < 4.78 is 0. The van der Waals surface area contributed by atoms with E-state index in [9.17, 15) is 9.90 Å². The first-order chi connectivity index (χ1) is 10.6. The number of carbonyl (C=O) groups is 1. The Morgan fingerprint density at radius 2 is 2.09 bits per heavy atom. The third-order valence-electron chi connectivity index (χ3n) is 3.34. The maximum Gasteiger partial charge on any atom is 0.271 e. The molecule has 0 aliphatic rings. The van der Waals surface area contributed by atoms with E-state index in [1.807, 2.05) is 42.6 Å². The average Bonchev–Trinajstić information content (AvgIpc) is 2.98. The summed E-state index contributed by atoms with van der Waals surface area (Å²) in [7, 11) is 0. The Hall–Kier alpha value is -2.31. The maximum absolute atomic E-state index is 12.1. The van der Waals surface area contributed by atoms with Crippen LogP contribution in [-0.2, 0) is 0 Å². The minimum Gasteiger partial charge on any atom is -0.386 e. The van der Waals surface area contributed by atoms with E-state index < -0.39 is 6.10 Å². The molecule has 0 spiro atoms. The van der Waals surface area contributed by atoms with E-state index in [2.05, 4.69) is 15.3 Å². The molecule has 6 heteroatoms. The Labute approximate surface area is 131 Å². The molecule has 2 aromatic heterocycles. The Morgan fingerprint density at radius 1 is 1.32 bits per heavy atom. The van der Waals surface area contributed by atoms with Crippen molar-refractivity contribution in [2.45, 2.75) is 13.0 Å². The van der Waals surface area contributed by atoms with Gasteiger partial charge in [-0.1, -0.05) is 12.1 Å². The van der Waals surface area contributed by atoms with E-state index in [-0.39, 0.29) is 18.1 Å². The number of amides is 1. The molecule has 0 fully saturated rings. The number of nitrogens with one attached hydrogen (secondary N) is 1. The molecule has 22 heavy (non-hydrogen) atoms. The molecular weight excluding hydrogens is 298 g/mol. The van der Waals surface area contributed by atoms with Crippen molar-refractivity contribution in [1.82, 2.24) is 15.3 Å². The molecule has 1 atom stereocenters. The summed E-state index contributed by atoms with van der Waals surface area (Å²) in [4.78, 5) is 21.5. The lowest BCUT2D eigenvalue weighted by Gasteiger charge is -2.11. The Balaban J connectivity index is 1.69. The first-order valence-corrected chi connectivity index (χ1v) is 7.75. The van der Waals surface area contributed by atoms with Gasteiger partial charge in [-0.2, -0.15) is 0 Å². The van der Waals surface area contributed by atoms with Crippen molar-refractivity contribution in [3.8, 4) is 0 Å².